The first-order chi connectivity index (χ1) is 16.4. The molecule has 0 heterocycles. The van der Waals surface area contributed by atoms with Crippen LogP contribution in [0.15, 0.2) is 53.0 Å². The van der Waals surface area contributed by atoms with E-state index in [1.165, 1.54) is 4.31 Å². The SMILES string of the molecule is CC[C@H](C)NC(=O)[C@H](C)N(Cc1cccc(Br)c1)C(=O)CCCN(c1cccc(Cl)c1)S(C)(=O)=O. The molecule has 35 heavy (non-hydrogen) atoms. The Kier molecular flexibility index (Phi) is 11.0. The van der Waals surface area contributed by atoms with Gasteiger partial charge in [0.15, 0.2) is 0 Å². The van der Waals surface area contributed by atoms with Crippen LogP contribution < -0.4 is 9.62 Å². The molecule has 2 aromatic carbocycles. The molecule has 0 fully saturated rings. The number of benzene rings is 2. The summed E-state index contributed by atoms with van der Waals surface area (Å²) in [4.78, 5) is 27.7. The first-order valence-corrected chi connectivity index (χ1v) is 14.5. The van der Waals surface area contributed by atoms with E-state index in [0.29, 0.717) is 10.7 Å². The Hall–Kier alpha value is -2.10. The van der Waals surface area contributed by atoms with E-state index >= 15 is 0 Å². The van der Waals surface area contributed by atoms with Gasteiger partial charge in [0.25, 0.3) is 0 Å². The molecule has 10 heteroatoms. The Morgan fingerprint density at radius 3 is 2.40 bits per heavy atom. The Bertz CT molecular complexity index is 1130. The standard InChI is InChI=1S/C25H33BrClN3O4S/c1-5-18(2)28-25(32)19(3)29(17-20-9-6-10-21(26)15-20)24(31)13-8-14-30(35(4,33)34)23-12-7-11-22(27)16-23/h6-7,9-12,15-16,18-19H,5,8,13-14,17H2,1-4H3,(H,28,32)/t18-,19-/m0/s1. The molecule has 0 saturated carbocycles. The highest BCUT2D eigenvalue weighted by atomic mass is 79.9. The van der Waals surface area contributed by atoms with Gasteiger partial charge in [-0.3, -0.25) is 13.9 Å². The van der Waals surface area contributed by atoms with Crippen LogP contribution in [-0.2, 0) is 26.2 Å². The van der Waals surface area contributed by atoms with Gasteiger partial charge in [0.2, 0.25) is 21.8 Å². The molecule has 0 unspecified atom stereocenters. The zero-order valence-corrected chi connectivity index (χ0v) is 23.7. The predicted molar refractivity (Wildman–Crippen MR) is 145 cm³/mol. The molecule has 2 amide bonds. The molecule has 2 atom stereocenters. The van der Waals surface area contributed by atoms with Gasteiger partial charge in [-0.1, -0.05) is 52.7 Å². The van der Waals surface area contributed by atoms with E-state index in [2.05, 4.69) is 21.2 Å². The van der Waals surface area contributed by atoms with Crippen LogP contribution in [0, 0.1) is 0 Å². The van der Waals surface area contributed by atoms with E-state index < -0.39 is 16.1 Å². The highest BCUT2D eigenvalue weighted by Gasteiger charge is 2.27. The molecule has 0 aliphatic rings. The highest BCUT2D eigenvalue weighted by molar-refractivity contribution is 9.10. The topological polar surface area (TPSA) is 86.8 Å². The quantitative estimate of drug-likeness (QED) is 0.380. The minimum atomic E-state index is -3.57. The Balaban J connectivity index is 2.17. The molecular formula is C25H33BrClN3O4S. The van der Waals surface area contributed by atoms with Gasteiger partial charge < -0.3 is 10.2 Å². The third-order valence-corrected chi connectivity index (χ3v) is 7.58. The fourth-order valence-corrected chi connectivity index (χ4v) is 5.10. The summed E-state index contributed by atoms with van der Waals surface area (Å²) < 4.78 is 26.9. The van der Waals surface area contributed by atoms with Crippen molar-refractivity contribution in [2.75, 3.05) is 17.1 Å². The van der Waals surface area contributed by atoms with Crippen molar-refractivity contribution in [3.63, 3.8) is 0 Å². The molecule has 1 N–H and O–H groups in total. The summed E-state index contributed by atoms with van der Waals surface area (Å²) in [7, 11) is -3.57. The number of amides is 2. The smallest absolute Gasteiger partial charge is 0.242 e. The lowest BCUT2D eigenvalue weighted by Crippen LogP contribution is -2.49. The summed E-state index contributed by atoms with van der Waals surface area (Å²) in [5, 5.41) is 3.37. The average molecular weight is 587 g/mol. The number of nitrogens with one attached hydrogen (secondary N) is 1. The number of sulfonamides is 1. The van der Waals surface area contributed by atoms with Gasteiger partial charge in [0.1, 0.15) is 6.04 Å². The monoisotopic (exact) mass is 585 g/mol. The van der Waals surface area contributed by atoms with Gasteiger partial charge in [0, 0.05) is 35.0 Å². The van der Waals surface area contributed by atoms with Crippen LogP contribution >= 0.6 is 27.5 Å². The Morgan fingerprint density at radius 2 is 1.80 bits per heavy atom. The molecule has 0 saturated heterocycles. The summed E-state index contributed by atoms with van der Waals surface area (Å²) in [6.45, 7) is 5.98. The van der Waals surface area contributed by atoms with Crippen molar-refractivity contribution in [3.8, 4) is 0 Å². The van der Waals surface area contributed by atoms with Crippen molar-refractivity contribution in [1.82, 2.24) is 10.2 Å². The van der Waals surface area contributed by atoms with Crippen LogP contribution in [0.5, 0.6) is 0 Å². The number of halogens is 2. The van der Waals surface area contributed by atoms with Gasteiger partial charge in [0.05, 0.1) is 11.9 Å². The van der Waals surface area contributed by atoms with E-state index in [1.54, 1.807) is 36.1 Å². The van der Waals surface area contributed by atoms with Crippen molar-refractivity contribution < 1.29 is 18.0 Å². The molecular weight excluding hydrogens is 554 g/mol. The molecule has 2 aromatic rings. The lowest BCUT2D eigenvalue weighted by molar-refractivity contribution is -0.140. The molecule has 0 radical (unpaired) electrons. The number of carbonyl (C=O) groups is 2. The average Bonchev–Trinajstić information content (AvgIpc) is 2.78. The zero-order valence-electron chi connectivity index (χ0n) is 20.5. The van der Waals surface area contributed by atoms with E-state index in [0.717, 1.165) is 22.7 Å². The van der Waals surface area contributed by atoms with E-state index in [1.807, 2.05) is 38.1 Å². The van der Waals surface area contributed by atoms with Crippen LogP contribution in [-0.4, -0.2) is 50.0 Å². The molecule has 0 bridgehead atoms. The number of carbonyl (C=O) groups excluding carboxylic acids is 2. The maximum Gasteiger partial charge on any atom is 0.242 e. The predicted octanol–water partition coefficient (Wildman–Crippen LogP) is 4.98. The minimum absolute atomic E-state index is 0.00575. The number of hydrogen-bond donors (Lipinski definition) is 1. The van der Waals surface area contributed by atoms with Crippen molar-refractivity contribution in [1.29, 1.82) is 0 Å². The van der Waals surface area contributed by atoms with Gasteiger partial charge in [-0.05, 0) is 62.6 Å². The Morgan fingerprint density at radius 1 is 1.11 bits per heavy atom. The first kappa shape index (κ1) is 29.1. The lowest BCUT2D eigenvalue weighted by Gasteiger charge is -2.30. The van der Waals surface area contributed by atoms with Gasteiger partial charge >= 0.3 is 0 Å². The van der Waals surface area contributed by atoms with Crippen molar-refractivity contribution in [2.45, 2.75) is 58.7 Å². The Labute approximate surface area is 222 Å². The number of nitrogens with zero attached hydrogens (tertiary/aromatic N) is 2. The molecule has 2 rings (SSSR count). The number of hydrogen-bond acceptors (Lipinski definition) is 4. The van der Waals surface area contributed by atoms with Crippen LogP contribution in [0.3, 0.4) is 0 Å². The summed E-state index contributed by atoms with van der Waals surface area (Å²) >= 11 is 9.49. The zero-order chi connectivity index (χ0) is 26.2. The fraction of sp³-hybridized carbons (Fsp3) is 0.440. The lowest BCUT2D eigenvalue weighted by atomic mass is 10.1. The molecule has 0 spiro atoms. The van der Waals surface area contributed by atoms with Crippen LogP contribution in [0.4, 0.5) is 5.69 Å². The maximum absolute atomic E-state index is 13.3. The van der Waals surface area contributed by atoms with Crippen molar-refractivity contribution in [2.24, 2.45) is 0 Å². The van der Waals surface area contributed by atoms with Crippen LogP contribution in [0.25, 0.3) is 0 Å². The second kappa shape index (κ2) is 13.3. The van der Waals surface area contributed by atoms with Crippen molar-refractivity contribution in [3.05, 3.63) is 63.6 Å². The normalized spacial score (nSPS) is 13.1. The molecule has 7 nitrogen and oxygen atoms in total. The van der Waals surface area contributed by atoms with Gasteiger partial charge in [-0.15, -0.1) is 0 Å². The molecule has 192 valence electrons. The fourth-order valence-electron chi connectivity index (χ4n) is 3.52. The van der Waals surface area contributed by atoms with E-state index in [9.17, 15) is 18.0 Å². The minimum Gasteiger partial charge on any atom is -0.352 e. The summed E-state index contributed by atoms with van der Waals surface area (Å²) in [5.74, 6) is -0.448. The largest absolute Gasteiger partial charge is 0.352 e. The second-order valence-electron chi connectivity index (χ2n) is 8.56. The number of anilines is 1. The molecule has 0 aliphatic carbocycles. The van der Waals surface area contributed by atoms with Crippen LogP contribution in [0.2, 0.25) is 5.02 Å². The summed E-state index contributed by atoms with van der Waals surface area (Å²) in [6.07, 6.45) is 2.27. The molecule has 0 aliphatic heterocycles. The van der Waals surface area contributed by atoms with Gasteiger partial charge in [-0.2, -0.15) is 0 Å². The first-order valence-electron chi connectivity index (χ1n) is 11.5. The summed E-state index contributed by atoms with van der Waals surface area (Å²) in [6, 6.07) is 13.5. The van der Waals surface area contributed by atoms with E-state index in [-0.39, 0.29) is 43.8 Å². The number of rotatable bonds is 12. The molecule has 0 aromatic heterocycles. The second-order valence-corrected chi connectivity index (χ2v) is 11.8. The van der Waals surface area contributed by atoms with E-state index in [4.69, 9.17) is 11.6 Å². The van der Waals surface area contributed by atoms with Crippen LogP contribution in [0.1, 0.15) is 45.6 Å². The maximum atomic E-state index is 13.3. The van der Waals surface area contributed by atoms with Gasteiger partial charge in [-0.25, -0.2) is 8.42 Å². The van der Waals surface area contributed by atoms with Crippen molar-refractivity contribution >= 4 is 55.1 Å². The third kappa shape index (κ3) is 9.13. The third-order valence-electron chi connectivity index (χ3n) is 5.66. The highest BCUT2D eigenvalue weighted by Crippen LogP contribution is 2.23. The summed E-state index contributed by atoms with van der Waals surface area (Å²) in [5.41, 5.74) is 1.33.